The zero-order valence-corrected chi connectivity index (χ0v) is 13.9. The Kier molecular flexibility index (Phi) is 4.29. The average Bonchev–Trinajstić information content (AvgIpc) is 2.37. The summed E-state index contributed by atoms with van der Waals surface area (Å²) in [5.74, 6) is -0.754. The van der Waals surface area contributed by atoms with Crippen LogP contribution in [0.2, 0.25) is 0 Å². The summed E-state index contributed by atoms with van der Waals surface area (Å²) in [6, 6.07) is 7.79. The highest BCUT2D eigenvalue weighted by Gasteiger charge is 2.28. The second-order valence-corrected chi connectivity index (χ2v) is 7.03. The molecule has 0 saturated carbocycles. The van der Waals surface area contributed by atoms with Crippen LogP contribution in [0, 0.1) is 0 Å². The van der Waals surface area contributed by atoms with E-state index >= 15 is 0 Å². The molecule has 20 heavy (non-hydrogen) atoms. The molecule has 0 N–H and O–H groups in total. The molecule has 0 spiro atoms. The Morgan fingerprint density at radius 1 is 1.40 bits per heavy atom. The minimum absolute atomic E-state index is 0.323. The fourth-order valence-electron chi connectivity index (χ4n) is 2.28. The maximum atomic E-state index is 12.2. The molecule has 110 valence electrons. The fourth-order valence-corrected chi connectivity index (χ4v) is 2.54. The van der Waals surface area contributed by atoms with Crippen molar-refractivity contribution >= 4 is 22.0 Å². The topological polar surface area (TPSA) is 29.5 Å². The van der Waals surface area contributed by atoms with Crippen molar-refractivity contribution in [1.29, 1.82) is 0 Å². The first-order valence-electron chi connectivity index (χ1n) is 7.44. The lowest BCUT2D eigenvalue weighted by Crippen LogP contribution is -2.42. The van der Waals surface area contributed by atoms with Gasteiger partial charge in [-0.05, 0) is 51.3 Å². The number of piperidine rings is 1. The molecule has 3 nitrogen and oxygen atoms in total. The van der Waals surface area contributed by atoms with Crippen LogP contribution in [-0.2, 0) is 4.74 Å². The van der Waals surface area contributed by atoms with Crippen LogP contribution in [0.1, 0.15) is 46.4 Å². The summed E-state index contributed by atoms with van der Waals surface area (Å²) in [7, 11) is 0. The molecule has 0 aromatic heterocycles. The largest absolute Gasteiger partial charge is 0.444 e. The second kappa shape index (κ2) is 6.17. The number of amides is 1. The van der Waals surface area contributed by atoms with Crippen LogP contribution in [-0.4, -0.2) is 29.7 Å². The van der Waals surface area contributed by atoms with E-state index in [0.29, 0.717) is 13.1 Å². The van der Waals surface area contributed by atoms with Gasteiger partial charge < -0.3 is 9.64 Å². The zero-order chi connectivity index (χ0) is 15.7. The molecule has 1 fully saturated rings. The van der Waals surface area contributed by atoms with E-state index in [9.17, 15) is 4.79 Å². The molecule has 1 aromatic carbocycles. The van der Waals surface area contributed by atoms with Gasteiger partial charge in [-0.2, -0.15) is 0 Å². The van der Waals surface area contributed by atoms with Crippen LogP contribution >= 0.6 is 15.9 Å². The number of benzene rings is 1. The molecule has 2 rings (SSSR count). The number of carbonyl (C=O) groups excluding carboxylic acids is 1. The van der Waals surface area contributed by atoms with Gasteiger partial charge in [-0.1, -0.05) is 28.1 Å². The van der Waals surface area contributed by atoms with Crippen molar-refractivity contribution in [2.45, 2.75) is 45.1 Å². The van der Waals surface area contributed by atoms with Gasteiger partial charge in [0.1, 0.15) is 5.60 Å². The van der Waals surface area contributed by atoms with E-state index in [1.165, 1.54) is 0 Å². The van der Waals surface area contributed by atoms with Gasteiger partial charge in [0.2, 0.25) is 0 Å². The van der Waals surface area contributed by atoms with E-state index in [0.717, 1.165) is 22.9 Å². The Morgan fingerprint density at radius 3 is 2.65 bits per heavy atom. The number of hydrogen-bond acceptors (Lipinski definition) is 2. The predicted molar refractivity (Wildman–Crippen MR) is 83.9 cm³/mol. The highest BCUT2D eigenvalue weighted by molar-refractivity contribution is 9.10. The number of halogens is 1. The summed E-state index contributed by atoms with van der Waals surface area (Å²) >= 11 is 3.41. The van der Waals surface area contributed by atoms with Gasteiger partial charge in [-0.15, -0.1) is 0 Å². The molecular weight excluding hydrogens is 318 g/mol. The van der Waals surface area contributed by atoms with Crippen LogP contribution in [0.3, 0.4) is 0 Å². The molecule has 1 aliphatic heterocycles. The van der Waals surface area contributed by atoms with Crippen molar-refractivity contribution in [2.24, 2.45) is 0 Å². The maximum absolute atomic E-state index is 12.2. The average molecular weight is 341 g/mol. The van der Waals surface area contributed by atoms with Crippen LogP contribution in [0.4, 0.5) is 4.79 Å². The SMILES string of the molecule is [2H]C1(c2ccc(Br)cc2)CCCN(C(=O)OC(C)(C)C)C1. The van der Waals surface area contributed by atoms with E-state index in [1.54, 1.807) is 4.90 Å². The van der Waals surface area contributed by atoms with Crippen molar-refractivity contribution in [3.8, 4) is 0 Å². The maximum Gasteiger partial charge on any atom is 0.410 e. The number of nitrogens with zero attached hydrogens (tertiary/aromatic N) is 1. The molecule has 0 aliphatic carbocycles. The van der Waals surface area contributed by atoms with Crippen molar-refractivity contribution in [3.63, 3.8) is 0 Å². The third kappa shape index (κ3) is 4.23. The van der Waals surface area contributed by atoms with Crippen molar-refractivity contribution < 1.29 is 10.9 Å². The second-order valence-electron chi connectivity index (χ2n) is 6.12. The van der Waals surface area contributed by atoms with Gasteiger partial charge in [0.25, 0.3) is 0 Å². The van der Waals surface area contributed by atoms with Crippen LogP contribution in [0.5, 0.6) is 0 Å². The van der Waals surface area contributed by atoms with E-state index < -0.39 is 11.5 Å². The number of ether oxygens (including phenoxy) is 1. The summed E-state index contributed by atoms with van der Waals surface area (Å²) in [6.07, 6.45) is 1.25. The molecule has 1 atom stereocenters. The molecule has 1 unspecified atom stereocenters. The minimum atomic E-state index is -0.754. The highest BCUT2D eigenvalue weighted by atomic mass is 79.9. The number of likely N-dealkylation sites (tertiary alicyclic amines) is 1. The summed E-state index contributed by atoms with van der Waals surface area (Å²) < 4.78 is 15.1. The van der Waals surface area contributed by atoms with Crippen molar-refractivity contribution in [3.05, 3.63) is 34.3 Å². The van der Waals surface area contributed by atoms with Gasteiger partial charge in [0, 0.05) is 24.8 Å². The molecule has 1 aromatic rings. The lowest BCUT2D eigenvalue weighted by molar-refractivity contribution is 0.0198. The van der Waals surface area contributed by atoms with Gasteiger partial charge in [0.05, 0.1) is 0 Å². The molecule has 1 saturated heterocycles. The van der Waals surface area contributed by atoms with Crippen LogP contribution in [0.15, 0.2) is 28.7 Å². The van der Waals surface area contributed by atoms with E-state index in [4.69, 9.17) is 6.11 Å². The molecule has 4 heteroatoms. The highest BCUT2D eigenvalue weighted by Crippen LogP contribution is 2.28. The zero-order valence-electron chi connectivity index (χ0n) is 13.3. The summed E-state index contributed by atoms with van der Waals surface area (Å²) in [6.45, 7) is 6.61. The van der Waals surface area contributed by atoms with Crippen LogP contribution in [0.25, 0.3) is 0 Å². The lowest BCUT2D eigenvalue weighted by Gasteiger charge is -2.34. The fraction of sp³-hybridized carbons (Fsp3) is 0.562. The molecule has 1 aliphatic rings. The van der Waals surface area contributed by atoms with Crippen LogP contribution < -0.4 is 0 Å². The van der Waals surface area contributed by atoms with Crippen molar-refractivity contribution in [2.75, 3.05) is 13.1 Å². The Balaban J connectivity index is 2.12. The molecular formula is C16H22BrNO2. The normalized spacial score (nSPS) is 24.2. The van der Waals surface area contributed by atoms with Crippen molar-refractivity contribution in [1.82, 2.24) is 4.90 Å². The third-order valence-corrected chi connectivity index (χ3v) is 3.72. The molecule has 1 amide bonds. The molecule has 0 bridgehead atoms. The first kappa shape index (κ1) is 13.9. The van der Waals surface area contributed by atoms with E-state index in [-0.39, 0.29) is 6.09 Å². The third-order valence-electron chi connectivity index (χ3n) is 3.19. The first-order chi connectivity index (χ1) is 9.70. The predicted octanol–water partition coefficient (Wildman–Crippen LogP) is 4.56. The number of hydrogen-bond donors (Lipinski definition) is 0. The van der Waals surface area contributed by atoms with Gasteiger partial charge in [0.15, 0.2) is 0 Å². The number of rotatable bonds is 1. The summed E-state index contributed by atoms with van der Waals surface area (Å²) in [4.78, 5) is 13.9. The van der Waals surface area contributed by atoms with Gasteiger partial charge in [-0.25, -0.2) is 4.79 Å². The Morgan fingerprint density at radius 2 is 2.05 bits per heavy atom. The smallest absolute Gasteiger partial charge is 0.410 e. The summed E-state index contributed by atoms with van der Waals surface area (Å²) in [5, 5.41) is 0. The molecule has 0 radical (unpaired) electrons. The first-order valence-corrected chi connectivity index (χ1v) is 7.73. The van der Waals surface area contributed by atoms with E-state index in [2.05, 4.69) is 15.9 Å². The quantitative estimate of drug-likeness (QED) is 0.749. The van der Waals surface area contributed by atoms with Gasteiger partial charge >= 0.3 is 6.09 Å². The number of carbonyl (C=O) groups is 1. The monoisotopic (exact) mass is 340 g/mol. The Bertz CT molecular complexity index is 512. The Labute approximate surface area is 130 Å². The van der Waals surface area contributed by atoms with E-state index in [1.807, 2.05) is 45.0 Å². The minimum Gasteiger partial charge on any atom is -0.444 e. The molecule has 1 heterocycles. The standard InChI is InChI=1S/C16H22BrNO2/c1-16(2,3)20-15(19)18-10-4-5-13(11-18)12-6-8-14(17)9-7-12/h6-9,13H,4-5,10-11H2,1-3H3/i13D. The summed E-state index contributed by atoms with van der Waals surface area (Å²) in [5.41, 5.74) is 0.440. The van der Waals surface area contributed by atoms with Gasteiger partial charge in [-0.3, -0.25) is 0 Å². The lowest BCUT2D eigenvalue weighted by atomic mass is 9.91. The Hall–Kier alpha value is -1.03.